The van der Waals surface area contributed by atoms with Crippen molar-refractivity contribution < 1.29 is 9.53 Å². The van der Waals surface area contributed by atoms with Crippen LogP contribution in [-0.4, -0.2) is 12.6 Å². The van der Waals surface area contributed by atoms with Crippen molar-refractivity contribution in [3.8, 4) is 0 Å². The van der Waals surface area contributed by atoms with E-state index in [0.29, 0.717) is 6.61 Å². The lowest BCUT2D eigenvalue weighted by Gasteiger charge is -2.10. The molecule has 1 aromatic carbocycles. The first-order valence-corrected chi connectivity index (χ1v) is 4.70. The SMILES string of the molecule is CCOC(=O)CC(N)c1ccccc1. The van der Waals surface area contributed by atoms with Gasteiger partial charge in [-0.3, -0.25) is 4.79 Å². The van der Waals surface area contributed by atoms with E-state index in [1.165, 1.54) is 0 Å². The normalized spacial score (nSPS) is 12.1. The molecule has 1 aromatic rings. The Hall–Kier alpha value is -1.35. The molecule has 0 aliphatic rings. The maximum atomic E-state index is 11.1. The van der Waals surface area contributed by atoms with Crippen LogP contribution in [0.5, 0.6) is 0 Å². The van der Waals surface area contributed by atoms with Gasteiger partial charge in [0, 0.05) is 6.04 Å². The molecule has 2 N–H and O–H groups in total. The first kappa shape index (κ1) is 10.7. The molecule has 3 heteroatoms. The van der Waals surface area contributed by atoms with Crippen LogP contribution in [0, 0.1) is 0 Å². The van der Waals surface area contributed by atoms with Crippen molar-refractivity contribution in [1.29, 1.82) is 0 Å². The van der Waals surface area contributed by atoms with Crippen LogP contribution in [0.15, 0.2) is 30.3 Å². The van der Waals surface area contributed by atoms with Crippen molar-refractivity contribution in [2.45, 2.75) is 19.4 Å². The number of esters is 1. The first-order chi connectivity index (χ1) is 6.74. The Labute approximate surface area is 83.9 Å². The van der Waals surface area contributed by atoms with E-state index in [1.54, 1.807) is 6.92 Å². The number of hydrogen-bond acceptors (Lipinski definition) is 3. The third-order valence-corrected chi connectivity index (χ3v) is 1.92. The van der Waals surface area contributed by atoms with Crippen molar-refractivity contribution in [3.05, 3.63) is 35.9 Å². The molecule has 0 bridgehead atoms. The Morgan fingerprint density at radius 3 is 2.64 bits per heavy atom. The van der Waals surface area contributed by atoms with Crippen molar-refractivity contribution in [2.75, 3.05) is 6.61 Å². The van der Waals surface area contributed by atoms with Gasteiger partial charge >= 0.3 is 5.97 Å². The summed E-state index contributed by atoms with van der Waals surface area (Å²) in [6.07, 6.45) is 0.234. The molecule has 0 saturated carbocycles. The Bertz CT molecular complexity index is 285. The molecule has 14 heavy (non-hydrogen) atoms. The second-order valence-corrected chi connectivity index (χ2v) is 3.03. The molecule has 0 fully saturated rings. The quantitative estimate of drug-likeness (QED) is 0.739. The number of ether oxygens (including phenoxy) is 1. The van der Waals surface area contributed by atoms with E-state index < -0.39 is 0 Å². The van der Waals surface area contributed by atoms with Crippen molar-refractivity contribution in [1.82, 2.24) is 0 Å². The lowest BCUT2D eigenvalue weighted by molar-refractivity contribution is -0.143. The van der Waals surface area contributed by atoms with E-state index in [1.807, 2.05) is 30.3 Å². The summed E-state index contributed by atoms with van der Waals surface area (Å²) < 4.78 is 4.82. The number of carbonyl (C=O) groups is 1. The Kier molecular flexibility index (Phi) is 4.13. The number of rotatable bonds is 4. The van der Waals surface area contributed by atoms with Crippen LogP contribution in [0.1, 0.15) is 24.9 Å². The zero-order valence-corrected chi connectivity index (χ0v) is 8.27. The summed E-state index contributed by atoms with van der Waals surface area (Å²) in [6.45, 7) is 2.19. The van der Waals surface area contributed by atoms with Gasteiger partial charge in [-0.2, -0.15) is 0 Å². The Morgan fingerprint density at radius 2 is 2.07 bits per heavy atom. The summed E-state index contributed by atoms with van der Waals surface area (Å²) in [4.78, 5) is 11.1. The second kappa shape index (κ2) is 5.40. The summed E-state index contributed by atoms with van der Waals surface area (Å²) in [5.41, 5.74) is 6.78. The van der Waals surface area contributed by atoms with E-state index in [9.17, 15) is 4.79 Å². The van der Waals surface area contributed by atoms with E-state index in [2.05, 4.69) is 0 Å². The summed E-state index contributed by atoms with van der Waals surface area (Å²) in [5, 5.41) is 0. The van der Waals surface area contributed by atoms with Gasteiger partial charge in [-0.05, 0) is 12.5 Å². The fourth-order valence-electron chi connectivity index (χ4n) is 1.22. The fourth-order valence-corrected chi connectivity index (χ4v) is 1.22. The monoisotopic (exact) mass is 193 g/mol. The zero-order valence-electron chi connectivity index (χ0n) is 8.27. The smallest absolute Gasteiger partial charge is 0.307 e. The molecule has 0 radical (unpaired) electrons. The van der Waals surface area contributed by atoms with Crippen LogP contribution in [0.25, 0.3) is 0 Å². The molecule has 0 aliphatic carbocycles. The van der Waals surface area contributed by atoms with E-state index >= 15 is 0 Å². The van der Waals surface area contributed by atoms with Gasteiger partial charge in [0.2, 0.25) is 0 Å². The molecule has 1 unspecified atom stereocenters. The highest BCUT2D eigenvalue weighted by molar-refractivity contribution is 5.70. The van der Waals surface area contributed by atoms with Crippen molar-refractivity contribution in [2.24, 2.45) is 5.73 Å². The van der Waals surface area contributed by atoms with Crippen LogP contribution in [0.2, 0.25) is 0 Å². The molecule has 76 valence electrons. The highest BCUT2D eigenvalue weighted by atomic mass is 16.5. The standard InChI is InChI=1S/C11H15NO2/c1-2-14-11(13)8-10(12)9-6-4-3-5-7-9/h3-7,10H,2,8,12H2,1H3. The average Bonchev–Trinajstić information content (AvgIpc) is 2.19. The molecule has 0 amide bonds. The number of carbonyl (C=O) groups excluding carboxylic acids is 1. The van der Waals surface area contributed by atoms with Gasteiger partial charge in [0.25, 0.3) is 0 Å². The molecule has 0 spiro atoms. The van der Waals surface area contributed by atoms with Crippen molar-refractivity contribution in [3.63, 3.8) is 0 Å². The van der Waals surface area contributed by atoms with Crippen LogP contribution in [0.3, 0.4) is 0 Å². The predicted molar refractivity (Wildman–Crippen MR) is 54.6 cm³/mol. The van der Waals surface area contributed by atoms with E-state index in [4.69, 9.17) is 10.5 Å². The average molecular weight is 193 g/mol. The van der Waals surface area contributed by atoms with Crippen LogP contribution < -0.4 is 5.73 Å². The van der Waals surface area contributed by atoms with Gasteiger partial charge < -0.3 is 10.5 Å². The summed E-state index contributed by atoms with van der Waals surface area (Å²) in [7, 11) is 0. The lowest BCUT2D eigenvalue weighted by atomic mass is 10.1. The minimum absolute atomic E-state index is 0.234. The largest absolute Gasteiger partial charge is 0.466 e. The van der Waals surface area contributed by atoms with Gasteiger partial charge in [-0.25, -0.2) is 0 Å². The maximum Gasteiger partial charge on any atom is 0.307 e. The Morgan fingerprint density at radius 1 is 1.43 bits per heavy atom. The molecule has 0 saturated heterocycles. The molecular formula is C11H15NO2. The second-order valence-electron chi connectivity index (χ2n) is 3.03. The number of hydrogen-bond donors (Lipinski definition) is 1. The lowest BCUT2D eigenvalue weighted by Crippen LogP contribution is -2.17. The van der Waals surface area contributed by atoms with Crippen LogP contribution >= 0.6 is 0 Å². The predicted octanol–water partition coefficient (Wildman–Crippen LogP) is 1.64. The van der Waals surface area contributed by atoms with E-state index in [0.717, 1.165) is 5.56 Å². The topological polar surface area (TPSA) is 52.3 Å². The van der Waals surface area contributed by atoms with E-state index in [-0.39, 0.29) is 18.4 Å². The summed E-state index contributed by atoms with van der Waals surface area (Å²) in [5.74, 6) is -0.246. The highest BCUT2D eigenvalue weighted by Gasteiger charge is 2.11. The maximum absolute atomic E-state index is 11.1. The minimum atomic E-state index is -0.268. The minimum Gasteiger partial charge on any atom is -0.466 e. The third kappa shape index (κ3) is 3.18. The van der Waals surface area contributed by atoms with Gasteiger partial charge in [0.15, 0.2) is 0 Å². The van der Waals surface area contributed by atoms with Crippen LogP contribution in [-0.2, 0) is 9.53 Å². The van der Waals surface area contributed by atoms with Crippen LogP contribution in [0.4, 0.5) is 0 Å². The fraction of sp³-hybridized carbons (Fsp3) is 0.364. The summed E-state index contributed by atoms with van der Waals surface area (Å²) >= 11 is 0. The molecule has 1 atom stereocenters. The molecule has 0 aliphatic heterocycles. The zero-order chi connectivity index (χ0) is 10.4. The molecule has 3 nitrogen and oxygen atoms in total. The highest BCUT2D eigenvalue weighted by Crippen LogP contribution is 2.13. The molecular weight excluding hydrogens is 178 g/mol. The van der Waals surface area contributed by atoms with Gasteiger partial charge in [-0.15, -0.1) is 0 Å². The van der Waals surface area contributed by atoms with Gasteiger partial charge in [0.05, 0.1) is 13.0 Å². The molecule has 1 rings (SSSR count). The number of benzene rings is 1. The Balaban J connectivity index is 2.50. The third-order valence-electron chi connectivity index (χ3n) is 1.92. The van der Waals surface area contributed by atoms with Crippen molar-refractivity contribution >= 4 is 5.97 Å². The molecule has 0 heterocycles. The summed E-state index contributed by atoms with van der Waals surface area (Å²) in [6, 6.07) is 9.27. The van der Waals surface area contributed by atoms with Gasteiger partial charge in [-0.1, -0.05) is 30.3 Å². The first-order valence-electron chi connectivity index (χ1n) is 4.70. The molecule has 0 aromatic heterocycles. The van der Waals surface area contributed by atoms with Gasteiger partial charge in [0.1, 0.15) is 0 Å². The number of nitrogens with two attached hydrogens (primary N) is 1.